The number of hydrogen-bond donors (Lipinski definition) is 0. The Labute approximate surface area is 240 Å². The number of para-hydroxylation sites is 1. The maximum atomic E-state index is 13.0. The van der Waals surface area contributed by atoms with Gasteiger partial charge in [-0.3, -0.25) is 0 Å². The molecule has 2 aliphatic heterocycles. The van der Waals surface area contributed by atoms with Crippen LogP contribution in [0.2, 0.25) is 10.0 Å². The standard InChI is InChI=1S/C30H22Cl2N2O2S2/c1-2-36-28(35)27-33-34(24-8-4-3-5-9-24)30(37-27)26-11-7-6-10-25(26)29(38-30,20-12-16-22(31)17-13-20)21-14-18-23(32)19-15-21/h3-19H,2H2,1H3/t30-/m0/s1. The summed E-state index contributed by atoms with van der Waals surface area (Å²) in [5, 5.41) is 8.48. The van der Waals surface area contributed by atoms with Crippen LogP contribution < -0.4 is 5.01 Å². The van der Waals surface area contributed by atoms with Crippen LogP contribution in [0.25, 0.3) is 0 Å². The highest BCUT2D eigenvalue weighted by Crippen LogP contribution is 2.70. The summed E-state index contributed by atoms with van der Waals surface area (Å²) in [6, 6.07) is 34.3. The number of fused-ring (bicyclic) bond motifs is 2. The number of nitrogens with zero attached hydrogens (tertiary/aromatic N) is 2. The Balaban J connectivity index is 1.62. The van der Waals surface area contributed by atoms with Crippen LogP contribution in [-0.2, 0) is 18.5 Å². The molecule has 0 saturated carbocycles. The van der Waals surface area contributed by atoms with Crippen molar-refractivity contribution >= 4 is 63.4 Å². The predicted molar refractivity (Wildman–Crippen MR) is 159 cm³/mol. The molecule has 8 heteroatoms. The minimum Gasteiger partial charge on any atom is -0.461 e. The fraction of sp³-hybridized carbons (Fsp3) is 0.133. The average Bonchev–Trinajstić information content (AvgIpc) is 3.47. The lowest BCUT2D eigenvalue weighted by Crippen LogP contribution is -2.34. The van der Waals surface area contributed by atoms with Crippen molar-refractivity contribution in [3.8, 4) is 0 Å². The van der Waals surface area contributed by atoms with Gasteiger partial charge in [-0.05, 0) is 60.0 Å². The fourth-order valence-electron chi connectivity index (χ4n) is 5.00. The number of ether oxygens (including phenoxy) is 1. The van der Waals surface area contributed by atoms with Gasteiger partial charge in [-0.25, -0.2) is 9.80 Å². The number of esters is 1. The van der Waals surface area contributed by atoms with Crippen molar-refractivity contribution in [3.05, 3.63) is 135 Å². The Hall–Kier alpha value is -2.90. The van der Waals surface area contributed by atoms with Crippen molar-refractivity contribution in [2.45, 2.75) is 15.9 Å². The van der Waals surface area contributed by atoms with Gasteiger partial charge >= 0.3 is 5.97 Å². The summed E-state index contributed by atoms with van der Waals surface area (Å²) < 4.78 is 3.98. The molecule has 2 aliphatic rings. The normalized spacial score (nSPS) is 19.3. The Morgan fingerprint density at radius 1 is 0.816 bits per heavy atom. The van der Waals surface area contributed by atoms with Gasteiger partial charge in [0, 0.05) is 15.6 Å². The Kier molecular flexibility index (Phi) is 6.68. The lowest BCUT2D eigenvalue weighted by molar-refractivity contribution is -0.134. The van der Waals surface area contributed by atoms with E-state index in [-0.39, 0.29) is 6.61 Å². The molecule has 190 valence electrons. The minimum absolute atomic E-state index is 0.278. The van der Waals surface area contributed by atoms with Crippen molar-refractivity contribution in [1.82, 2.24) is 0 Å². The van der Waals surface area contributed by atoms with Crippen molar-refractivity contribution in [3.63, 3.8) is 0 Å². The quantitative estimate of drug-likeness (QED) is 0.223. The molecule has 0 saturated heterocycles. The van der Waals surface area contributed by atoms with E-state index in [1.807, 2.05) is 65.7 Å². The van der Waals surface area contributed by atoms with E-state index in [1.165, 1.54) is 11.8 Å². The van der Waals surface area contributed by atoms with Gasteiger partial charge in [0.2, 0.25) is 5.04 Å². The number of halogens is 2. The topological polar surface area (TPSA) is 41.9 Å². The first kappa shape index (κ1) is 25.4. The predicted octanol–water partition coefficient (Wildman–Crippen LogP) is 8.27. The summed E-state index contributed by atoms with van der Waals surface area (Å²) in [7, 11) is 0. The summed E-state index contributed by atoms with van der Waals surface area (Å²) >= 11 is 15.8. The highest BCUT2D eigenvalue weighted by atomic mass is 35.5. The van der Waals surface area contributed by atoms with Gasteiger partial charge in [0.1, 0.15) is 0 Å². The van der Waals surface area contributed by atoms with Crippen LogP contribution in [0, 0.1) is 0 Å². The molecular weight excluding hydrogens is 555 g/mol. The van der Waals surface area contributed by atoms with E-state index in [4.69, 9.17) is 33.0 Å². The first-order valence-electron chi connectivity index (χ1n) is 12.1. The third kappa shape index (κ3) is 4.02. The van der Waals surface area contributed by atoms with E-state index in [0.717, 1.165) is 27.9 Å². The molecule has 0 radical (unpaired) electrons. The number of anilines is 1. The molecule has 0 bridgehead atoms. The first-order valence-corrected chi connectivity index (χ1v) is 14.5. The lowest BCUT2D eigenvalue weighted by Gasteiger charge is -2.37. The molecule has 0 aliphatic carbocycles. The molecule has 0 aromatic heterocycles. The number of rotatable bonds is 5. The molecule has 1 spiro atoms. The number of hydrogen-bond acceptors (Lipinski definition) is 6. The molecule has 4 aromatic carbocycles. The second-order valence-corrected chi connectivity index (χ2v) is 12.5. The number of carbonyl (C=O) groups excluding carboxylic acids is 1. The van der Waals surface area contributed by atoms with Crippen LogP contribution >= 0.6 is 46.7 Å². The van der Waals surface area contributed by atoms with Gasteiger partial charge in [-0.15, -0.1) is 0 Å². The third-order valence-electron chi connectivity index (χ3n) is 6.60. The SMILES string of the molecule is CCOC(=O)C1=NN(c2ccccc2)[C@@]2(S1)SC(c1ccc(Cl)cc1)(c1ccc(Cl)cc1)c1ccccc12. The van der Waals surface area contributed by atoms with Crippen LogP contribution in [0.4, 0.5) is 5.69 Å². The number of carbonyl (C=O) groups is 1. The molecule has 38 heavy (non-hydrogen) atoms. The molecule has 6 rings (SSSR count). The Bertz CT molecular complexity index is 1480. The smallest absolute Gasteiger partial charge is 0.365 e. The van der Waals surface area contributed by atoms with Crippen LogP contribution in [0.1, 0.15) is 29.2 Å². The zero-order valence-electron chi connectivity index (χ0n) is 20.3. The van der Waals surface area contributed by atoms with Crippen molar-refractivity contribution < 1.29 is 9.53 Å². The van der Waals surface area contributed by atoms with Gasteiger partial charge in [-0.1, -0.05) is 113 Å². The number of hydrazone groups is 1. The molecule has 2 heterocycles. The zero-order chi connectivity index (χ0) is 26.3. The van der Waals surface area contributed by atoms with Crippen molar-refractivity contribution in [1.29, 1.82) is 0 Å². The summed E-state index contributed by atoms with van der Waals surface area (Å²) in [4.78, 5) is 13.0. The van der Waals surface area contributed by atoms with Crippen LogP contribution in [0.3, 0.4) is 0 Å². The largest absolute Gasteiger partial charge is 0.461 e. The second kappa shape index (κ2) is 10.0. The second-order valence-electron chi connectivity index (χ2n) is 8.80. The molecule has 0 unspecified atom stereocenters. The van der Waals surface area contributed by atoms with Gasteiger partial charge < -0.3 is 4.74 Å². The van der Waals surface area contributed by atoms with Gasteiger partial charge in [-0.2, -0.15) is 5.10 Å². The van der Waals surface area contributed by atoms with Crippen molar-refractivity contribution in [2.75, 3.05) is 11.6 Å². The van der Waals surface area contributed by atoms with Gasteiger partial charge in [0.15, 0.2) is 4.20 Å². The Morgan fingerprint density at radius 2 is 1.37 bits per heavy atom. The van der Waals surface area contributed by atoms with E-state index in [2.05, 4.69) is 42.5 Å². The fourth-order valence-corrected chi connectivity index (χ4v) is 8.81. The number of benzene rings is 4. The molecule has 1 atom stereocenters. The minimum atomic E-state index is -0.778. The van der Waals surface area contributed by atoms with Gasteiger partial charge in [0.05, 0.1) is 17.0 Å². The summed E-state index contributed by atoms with van der Waals surface area (Å²) in [5.74, 6) is -0.427. The highest BCUT2D eigenvalue weighted by Gasteiger charge is 2.61. The van der Waals surface area contributed by atoms with E-state index < -0.39 is 14.9 Å². The van der Waals surface area contributed by atoms with Crippen LogP contribution in [0.5, 0.6) is 0 Å². The highest BCUT2D eigenvalue weighted by molar-refractivity contribution is 8.27. The average molecular weight is 578 g/mol. The van der Waals surface area contributed by atoms with Gasteiger partial charge in [0.25, 0.3) is 0 Å². The van der Waals surface area contributed by atoms with E-state index >= 15 is 0 Å². The molecular formula is C30H22Cl2N2O2S2. The summed E-state index contributed by atoms with van der Waals surface area (Å²) in [5.41, 5.74) is 5.19. The lowest BCUT2D eigenvalue weighted by atomic mass is 9.82. The molecule has 4 aromatic rings. The molecule has 4 nitrogen and oxygen atoms in total. The molecule has 0 N–H and O–H groups in total. The van der Waals surface area contributed by atoms with Crippen LogP contribution in [-0.4, -0.2) is 17.6 Å². The molecule has 0 amide bonds. The van der Waals surface area contributed by atoms with E-state index in [9.17, 15) is 4.79 Å². The molecule has 0 fully saturated rings. The summed E-state index contributed by atoms with van der Waals surface area (Å²) in [6.07, 6.45) is 0. The van der Waals surface area contributed by atoms with E-state index in [0.29, 0.717) is 15.1 Å². The van der Waals surface area contributed by atoms with Crippen LogP contribution in [0.15, 0.2) is 108 Å². The van der Waals surface area contributed by atoms with E-state index in [1.54, 1.807) is 18.7 Å². The zero-order valence-corrected chi connectivity index (χ0v) is 23.5. The maximum absolute atomic E-state index is 13.0. The summed E-state index contributed by atoms with van der Waals surface area (Å²) in [6.45, 7) is 2.08. The monoisotopic (exact) mass is 576 g/mol. The third-order valence-corrected chi connectivity index (χ3v) is 10.4. The van der Waals surface area contributed by atoms with Crippen molar-refractivity contribution in [2.24, 2.45) is 5.10 Å². The number of thioether (sulfide) groups is 2. The Morgan fingerprint density at radius 3 is 1.95 bits per heavy atom. The maximum Gasteiger partial charge on any atom is 0.365 e. The first-order chi connectivity index (χ1) is 18.5.